The van der Waals surface area contributed by atoms with Crippen molar-refractivity contribution in [3.63, 3.8) is 0 Å². The highest BCUT2D eigenvalue weighted by Crippen LogP contribution is 2.63. The fraction of sp³-hybridized carbons (Fsp3) is 0.676. The van der Waals surface area contributed by atoms with Gasteiger partial charge in [0.05, 0.1) is 26.2 Å². The van der Waals surface area contributed by atoms with Gasteiger partial charge in [-0.15, -0.1) is 0 Å². The average molecular weight is 612 g/mol. The first-order valence-corrected chi connectivity index (χ1v) is 18.0. The summed E-state index contributed by atoms with van der Waals surface area (Å²) in [4.78, 5) is 44.9. The number of piperazine rings is 1. The Morgan fingerprint density at radius 3 is 2.29 bits per heavy atom. The molecule has 1 aromatic rings. The average Bonchev–Trinajstić information content (AvgIpc) is 3.83. The Morgan fingerprint density at radius 2 is 1.58 bits per heavy atom. The van der Waals surface area contributed by atoms with E-state index in [1.807, 2.05) is 6.08 Å². The summed E-state index contributed by atoms with van der Waals surface area (Å²) in [6.45, 7) is 13.5. The lowest BCUT2D eigenvalue weighted by Gasteiger charge is -2.52. The summed E-state index contributed by atoms with van der Waals surface area (Å²) in [7, 11) is 0. The number of fused-ring (bicyclic) bond motifs is 5. The van der Waals surface area contributed by atoms with Gasteiger partial charge in [0.25, 0.3) is 0 Å². The smallest absolute Gasteiger partial charge is 0.229 e. The largest absolute Gasteiger partial charge is 0.356 e. The lowest BCUT2D eigenvalue weighted by molar-refractivity contribution is -0.892. The molecule has 4 heterocycles. The van der Waals surface area contributed by atoms with E-state index in [0.29, 0.717) is 24.2 Å². The highest BCUT2D eigenvalue weighted by Gasteiger charge is 2.57. The Balaban J connectivity index is 0.930. The molecule has 0 aromatic carbocycles. The Labute approximate surface area is 268 Å². The monoisotopic (exact) mass is 611 g/mol. The molecule has 240 valence electrons. The van der Waals surface area contributed by atoms with Crippen LogP contribution in [0.1, 0.15) is 71.6 Å². The maximum Gasteiger partial charge on any atom is 0.229 e. The summed E-state index contributed by atoms with van der Waals surface area (Å²) in [5.41, 5.74) is 2.75. The van der Waals surface area contributed by atoms with Gasteiger partial charge in [0.15, 0.2) is 11.6 Å². The molecule has 8 nitrogen and oxygen atoms in total. The fourth-order valence-corrected chi connectivity index (χ4v) is 10.4. The second-order valence-electron chi connectivity index (χ2n) is 15.5. The van der Waals surface area contributed by atoms with E-state index in [9.17, 15) is 9.59 Å². The zero-order valence-corrected chi connectivity index (χ0v) is 27.4. The van der Waals surface area contributed by atoms with E-state index < -0.39 is 0 Å². The molecule has 5 fully saturated rings. The second-order valence-corrected chi connectivity index (χ2v) is 15.5. The molecule has 5 atom stereocenters. The lowest BCUT2D eigenvalue weighted by Crippen LogP contribution is -3.15. The number of hydrogen-bond donors (Lipinski definition) is 1. The number of anilines is 3. The lowest BCUT2D eigenvalue weighted by atomic mass is 9.52. The van der Waals surface area contributed by atoms with Crippen molar-refractivity contribution in [3.05, 3.63) is 41.5 Å². The zero-order valence-electron chi connectivity index (χ0n) is 27.4. The molecule has 7 aliphatic rings. The van der Waals surface area contributed by atoms with Crippen molar-refractivity contribution >= 4 is 29.2 Å². The van der Waals surface area contributed by atoms with Crippen molar-refractivity contribution in [3.8, 4) is 0 Å². The van der Waals surface area contributed by atoms with E-state index in [4.69, 9.17) is 9.97 Å². The van der Waals surface area contributed by atoms with Gasteiger partial charge < -0.3 is 19.6 Å². The molecule has 3 saturated heterocycles. The van der Waals surface area contributed by atoms with Gasteiger partial charge >= 0.3 is 0 Å². The summed E-state index contributed by atoms with van der Waals surface area (Å²) in [5, 5.41) is 0. The molecular weight excluding hydrogens is 560 g/mol. The number of ketones is 2. The van der Waals surface area contributed by atoms with Crippen LogP contribution in [0.25, 0.3) is 0 Å². The number of nitrogens with one attached hydrogen (secondary N) is 1. The maximum absolute atomic E-state index is 14.1. The van der Waals surface area contributed by atoms with E-state index in [-0.39, 0.29) is 22.5 Å². The van der Waals surface area contributed by atoms with Gasteiger partial charge in [-0.25, -0.2) is 0 Å². The predicted octanol–water partition coefficient (Wildman–Crippen LogP) is 3.80. The highest BCUT2D eigenvalue weighted by molar-refractivity contribution is 6.01. The Bertz CT molecular complexity index is 1410. The van der Waals surface area contributed by atoms with Crippen molar-refractivity contribution < 1.29 is 14.5 Å². The minimum absolute atomic E-state index is 0.0528. The number of aromatic nitrogens is 2. The third-order valence-electron chi connectivity index (χ3n) is 13.1. The van der Waals surface area contributed by atoms with Gasteiger partial charge in [-0.05, 0) is 94.1 Å². The summed E-state index contributed by atoms with van der Waals surface area (Å²) in [6.07, 6.45) is 18.5. The van der Waals surface area contributed by atoms with Gasteiger partial charge in [0.1, 0.15) is 18.2 Å². The molecule has 3 aliphatic heterocycles. The summed E-state index contributed by atoms with van der Waals surface area (Å²) >= 11 is 0. The third kappa shape index (κ3) is 5.06. The number of quaternary nitrogens is 1. The van der Waals surface area contributed by atoms with Crippen LogP contribution < -0.4 is 19.6 Å². The van der Waals surface area contributed by atoms with Crippen LogP contribution in [0.3, 0.4) is 0 Å². The van der Waals surface area contributed by atoms with Crippen molar-refractivity contribution in [1.82, 2.24) is 9.97 Å². The first-order chi connectivity index (χ1) is 21.8. The molecule has 0 radical (unpaired) electrons. The van der Waals surface area contributed by atoms with Crippen LogP contribution in [-0.4, -0.2) is 80.4 Å². The fourth-order valence-electron chi connectivity index (χ4n) is 10.4. The molecule has 1 N–H and O–H groups in total. The molecule has 8 rings (SSSR count). The van der Waals surface area contributed by atoms with Gasteiger partial charge in [0.2, 0.25) is 5.95 Å². The molecule has 0 spiro atoms. The van der Waals surface area contributed by atoms with Crippen molar-refractivity contribution in [2.75, 3.05) is 73.6 Å². The first-order valence-electron chi connectivity index (χ1n) is 18.0. The molecule has 3 unspecified atom stereocenters. The minimum atomic E-state index is -0.113. The van der Waals surface area contributed by atoms with Gasteiger partial charge in [-0.2, -0.15) is 9.97 Å². The normalized spacial score (nSPS) is 34.8. The number of rotatable bonds is 6. The van der Waals surface area contributed by atoms with Crippen LogP contribution in [0.4, 0.5) is 17.6 Å². The van der Waals surface area contributed by atoms with Gasteiger partial charge in [-0.1, -0.05) is 30.2 Å². The molecule has 0 amide bonds. The zero-order chi connectivity index (χ0) is 30.8. The van der Waals surface area contributed by atoms with Crippen LogP contribution in [0, 0.1) is 28.6 Å². The number of allylic oxidation sites excluding steroid dienone is 6. The number of nitrogens with zero attached hydrogens (tertiary/aromatic N) is 5. The summed E-state index contributed by atoms with van der Waals surface area (Å²) in [5.74, 6) is 4.92. The Kier molecular flexibility index (Phi) is 7.42. The SMILES string of the molecule is C[C@]12C=CC(=O)C=C1CCC1C2=CC[C@]2(C)C(C(=O)C[NH+]3CCN(c4cc(N5CCCC5)nc(N5CCCC5)n4)CC3)CCC12. The molecule has 8 heteroatoms. The maximum atomic E-state index is 14.1. The second kappa shape index (κ2) is 11.4. The Hall–Kier alpha value is -3.00. The van der Waals surface area contributed by atoms with Crippen molar-refractivity contribution in [2.24, 2.45) is 28.6 Å². The molecule has 0 bridgehead atoms. The number of carbonyl (C=O) groups is 2. The quantitative estimate of drug-likeness (QED) is 0.491. The number of Topliss-reactive ketones (excluding diaryl/α,β-unsaturated/α-hetero) is 1. The summed E-state index contributed by atoms with van der Waals surface area (Å²) < 4.78 is 0. The van der Waals surface area contributed by atoms with Crippen LogP contribution in [0.15, 0.2) is 41.5 Å². The van der Waals surface area contributed by atoms with Gasteiger partial charge in [-0.3, -0.25) is 9.59 Å². The minimum Gasteiger partial charge on any atom is -0.356 e. The Morgan fingerprint density at radius 1 is 0.911 bits per heavy atom. The third-order valence-corrected chi connectivity index (χ3v) is 13.1. The van der Waals surface area contributed by atoms with E-state index in [2.05, 4.69) is 46.8 Å². The van der Waals surface area contributed by atoms with Crippen molar-refractivity contribution in [2.45, 2.75) is 71.6 Å². The van der Waals surface area contributed by atoms with Crippen LogP contribution in [0.2, 0.25) is 0 Å². The molecule has 45 heavy (non-hydrogen) atoms. The standard InChI is InChI=1S/C37H50N6O2/c1-36-13-11-27(44)23-26(36)7-8-28-29-9-10-31(37(29,2)14-12-30(28)36)32(45)25-40-19-21-42(22-20-40)34-24-33(41-15-3-4-16-41)38-35(39-34)43-17-5-6-18-43/h11-13,23-24,28-29,31H,3-10,14-22,25H2,1-2H3/p+1/t28?,29?,31?,36-,37-/m0/s1. The topological polar surface area (TPSA) is 74.1 Å². The molecule has 4 aliphatic carbocycles. The van der Waals surface area contributed by atoms with Crippen molar-refractivity contribution in [1.29, 1.82) is 0 Å². The van der Waals surface area contributed by atoms with Crippen LogP contribution >= 0.6 is 0 Å². The molecular formula is C37H51N6O2+. The van der Waals surface area contributed by atoms with E-state index >= 15 is 0 Å². The van der Waals surface area contributed by atoms with Crippen LogP contribution in [-0.2, 0) is 9.59 Å². The molecule has 2 saturated carbocycles. The first kappa shape index (κ1) is 29.4. The van der Waals surface area contributed by atoms with Gasteiger partial charge in [0, 0.05) is 43.6 Å². The number of hydrogen-bond acceptors (Lipinski definition) is 7. The van der Waals surface area contributed by atoms with Crippen LogP contribution in [0.5, 0.6) is 0 Å². The van der Waals surface area contributed by atoms with E-state index in [1.54, 1.807) is 6.08 Å². The summed E-state index contributed by atoms with van der Waals surface area (Å²) in [6, 6.07) is 2.22. The van der Waals surface area contributed by atoms with E-state index in [0.717, 1.165) is 102 Å². The predicted molar refractivity (Wildman–Crippen MR) is 178 cm³/mol. The highest BCUT2D eigenvalue weighted by atomic mass is 16.1. The number of carbonyl (C=O) groups excluding carboxylic acids is 2. The van der Waals surface area contributed by atoms with E-state index in [1.165, 1.54) is 41.7 Å². The molecule has 1 aromatic heterocycles.